The number of benzene rings is 2. The summed E-state index contributed by atoms with van der Waals surface area (Å²) < 4.78 is 44.4. The molecule has 0 aliphatic rings. The zero-order valence-corrected chi connectivity index (χ0v) is 18.3. The van der Waals surface area contributed by atoms with Crippen LogP contribution in [-0.4, -0.2) is 23.0 Å². The van der Waals surface area contributed by atoms with E-state index >= 15 is 0 Å². The Kier molecular flexibility index (Phi) is 5.49. The van der Waals surface area contributed by atoms with Gasteiger partial charge in [-0.15, -0.1) is 10.2 Å². The van der Waals surface area contributed by atoms with Crippen LogP contribution in [0.3, 0.4) is 0 Å². The van der Waals surface area contributed by atoms with Gasteiger partial charge in [-0.3, -0.25) is 8.71 Å². The van der Waals surface area contributed by atoms with Gasteiger partial charge in [0.2, 0.25) is 0 Å². The number of pyridine rings is 1. The number of hydrogen-bond donors (Lipinski definition) is 0. The number of rotatable bonds is 6. The molecular weight excluding hydrogens is 415 g/mol. The molecule has 4 aromatic rings. The van der Waals surface area contributed by atoms with Crippen molar-refractivity contribution in [1.29, 1.82) is 0 Å². The van der Waals surface area contributed by atoms with Crippen molar-refractivity contribution in [2.75, 3.05) is 4.31 Å². The first kappa shape index (κ1) is 21.0. The van der Waals surface area contributed by atoms with Gasteiger partial charge in [0, 0.05) is 6.20 Å². The fourth-order valence-corrected chi connectivity index (χ4v) is 5.04. The van der Waals surface area contributed by atoms with Crippen molar-refractivity contribution in [2.24, 2.45) is 0 Å². The van der Waals surface area contributed by atoms with Crippen molar-refractivity contribution < 1.29 is 12.8 Å². The fraction of sp³-hybridized carbons (Fsp3) is 0.217. The molecular formula is C23H23FN4O2S. The maximum absolute atomic E-state index is 13.8. The molecule has 0 aliphatic heterocycles. The van der Waals surface area contributed by atoms with E-state index in [-0.39, 0.29) is 17.1 Å². The number of aromatic nitrogens is 3. The van der Waals surface area contributed by atoms with Crippen molar-refractivity contribution in [3.63, 3.8) is 0 Å². The molecule has 4 rings (SSSR count). The van der Waals surface area contributed by atoms with Gasteiger partial charge in [-0.1, -0.05) is 38.1 Å². The van der Waals surface area contributed by atoms with E-state index in [2.05, 4.69) is 24.0 Å². The van der Waals surface area contributed by atoms with Crippen molar-refractivity contribution in [1.82, 2.24) is 14.6 Å². The first-order chi connectivity index (χ1) is 14.8. The standard InChI is InChI=1S/C23H23FN4O2S/c1-16(2)19-9-11-21(12-10-19)28(15-18-6-4-7-20(24)14-18)31(29,30)22-8-5-13-27-17(3)25-26-23(22)27/h4-14,16H,15H2,1-3H3. The van der Waals surface area contributed by atoms with Gasteiger partial charge in [-0.2, -0.15) is 0 Å². The van der Waals surface area contributed by atoms with Crippen LogP contribution in [0.5, 0.6) is 0 Å². The van der Waals surface area contributed by atoms with Gasteiger partial charge in [-0.05, 0) is 60.4 Å². The summed E-state index contributed by atoms with van der Waals surface area (Å²) in [5.74, 6) is 0.486. The third kappa shape index (κ3) is 4.03. The van der Waals surface area contributed by atoms with Crippen LogP contribution in [0.15, 0.2) is 71.8 Å². The third-order valence-corrected chi connectivity index (χ3v) is 7.00. The minimum absolute atomic E-state index is 0.0186. The molecule has 8 heteroatoms. The molecule has 31 heavy (non-hydrogen) atoms. The Morgan fingerprint density at radius 3 is 2.45 bits per heavy atom. The molecule has 0 saturated carbocycles. The second kappa shape index (κ2) is 8.11. The topological polar surface area (TPSA) is 67.6 Å². The first-order valence-corrected chi connectivity index (χ1v) is 11.4. The number of sulfonamides is 1. The summed E-state index contributed by atoms with van der Waals surface area (Å²) in [5.41, 5.74) is 2.39. The third-order valence-electron chi connectivity index (χ3n) is 5.20. The molecule has 0 aliphatic carbocycles. The Morgan fingerprint density at radius 1 is 1.03 bits per heavy atom. The van der Waals surface area contributed by atoms with Crippen LogP contribution in [0.1, 0.15) is 36.7 Å². The Hall–Kier alpha value is -3.26. The van der Waals surface area contributed by atoms with E-state index in [1.807, 2.05) is 12.1 Å². The summed E-state index contributed by atoms with van der Waals surface area (Å²) in [6.07, 6.45) is 1.72. The van der Waals surface area contributed by atoms with Gasteiger partial charge >= 0.3 is 0 Å². The van der Waals surface area contributed by atoms with Crippen LogP contribution in [-0.2, 0) is 16.6 Å². The zero-order valence-electron chi connectivity index (χ0n) is 17.5. The Bertz CT molecular complexity index is 1330. The highest BCUT2D eigenvalue weighted by Crippen LogP contribution is 2.29. The molecule has 0 spiro atoms. The van der Waals surface area contributed by atoms with Gasteiger partial charge in [0.05, 0.1) is 12.2 Å². The summed E-state index contributed by atoms with van der Waals surface area (Å²) in [4.78, 5) is 0.0416. The van der Waals surface area contributed by atoms with Crippen LogP contribution < -0.4 is 4.31 Å². The number of anilines is 1. The molecule has 0 saturated heterocycles. The summed E-state index contributed by atoms with van der Waals surface area (Å²) in [6.45, 7) is 5.88. The molecule has 0 radical (unpaired) electrons. The van der Waals surface area contributed by atoms with E-state index in [4.69, 9.17) is 0 Å². The van der Waals surface area contributed by atoms with Crippen LogP contribution in [0, 0.1) is 12.7 Å². The molecule has 6 nitrogen and oxygen atoms in total. The number of nitrogens with zero attached hydrogens (tertiary/aromatic N) is 4. The van der Waals surface area contributed by atoms with Crippen molar-refractivity contribution in [3.8, 4) is 0 Å². The maximum Gasteiger partial charge on any atom is 0.268 e. The maximum atomic E-state index is 13.8. The van der Waals surface area contributed by atoms with Crippen LogP contribution >= 0.6 is 0 Å². The van der Waals surface area contributed by atoms with E-state index in [0.29, 0.717) is 23.0 Å². The monoisotopic (exact) mass is 438 g/mol. The summed E-state index contributed by atoms with van der Waals surface area (Å²) in [7, 11) is -4.02. The van der Waals surface area contributed by atoms with Gasteiger partial charge < -0.3 is 0 Å². The Balaban J connectivity index is 1.86. The predicted octanol–water partition coefficient (Wildman–Crippen LogP) is 4.70. The molecule has 2 heterocycles. The minimum atomic E-state index is -4.02. The first-order valence-electron chi connectivity index (χ1n) is 9.95. The summed E-state index contributed by atoms with van der Waals surface area (Å²) >= 11 is 0. The highest BCUT2D eigenvalue weighted by atomic mass is 32.2. The van der Waals surface area contributed by atoms with E-state index in [1.54, 1.807) is 47.9 Å². The molecule has 0 fully saturated rings. The lowest BCUT2D eigenvalue weighted by Gasteiger charge is -2.25. The molecule has 0 bridgehead atoms. The zero-order chi connectivity index (χ0) is 22.2. The van der Waals surface area contributed by atoms with Crippen LogP contribution in [0.2, 0.25) is 0 Å². The normalized spacial score (nSPS) is 11.9. The number of hydrogen-bond acceptors (Lipinski definition) is 4. The largest absolute Gasteiger partial charge is 0.286 e. The van der Waals surface area contributed by atoms with Gasteiger partial charge in [0.25, 0.3) is 10.0 Å². The highest BCUT2D eigenvalue weighted by Gasteiger charge is 2.29. The second-order valence-electron chi connectivity index (χ2n) is 7.70. The van der Waals surface area contributed by atoms with Gasteiger partial charge in [0.15, 0.2) is 5.65 Å². The summed E-state index contributed by atoms with van der Waals surface area (Å²) in [6, 6.07) is 16.5. The molecule has 0 N–H and O–H groups in total. The smallest absolute Gasteiger partial charge is 0.268 e. The minimum Gasteiger partial charge on any atom is -0.286 e. The van der Waals surface area contributed by atoms with Crippen LogP contribution in [0.25, 0.3) is 5.65 Å². The van der Waals surface area contributed by atoms with E-state index in [9.17, 15) is 12.8 Å². The average molecular weight is 439 g/mol. The van der Waals surface area contributed by atoms with Crippen LogP contribution in [0.4, 0.5) is 10.1 Å². The fourth-order valence-electron chi connectivity index (χ4n) is 3.47. The predicted molar refractivity (Wildman–Crippen MR) is 118 cm³/mol. The van der Waals surface area contributed by atoms with E-state index < -0.39 is 15.8 Å². The molecule has 160 valence electrons. The lowest BCUT2D eigenvalue weighted by molar-refractivity contribution is 0.590. The molecule has 2 aromatic heterocycles. The quantitative estimate of drug-likeness (QED) is 0.438. The number of fused-ring (bicyclic) bond motifs is 1. The second-order valence-corrected chi connectivity index (χ2v) is 9.53. The van der Waals surface area contributed by atoms with Crippen molar-refractivity contribution in [2.45, 2.75) is 38.1 Å². The molecule has 0 amide bonds. The molecule has 2 aromatic carbocycles. The van der Waals surface area contributed by atoms with E-state index in [0.717, 1.165) is 5.56 Å². The highest BCUT2D eigenvalue weighted by molar-refractivity contribution is 7.93. The summed E-state index contributed by atoms with van der Waals surface area (Å²) in [5, 5.41) is 8.08. The average Bonchev–Trinajstić information content (AvgIpc) is 3.13. The Morgan fingerprint density at radius 2 is 1.77 bits per heavy atom. The van der Waals surface area contributed by atoms with Gasteiger partial charge in [-0.25, -0.2) is 12.8 Å². The number of aryl methyl sites for hydroxylation is 1. The van der Waals surface area contributed by atoms with Crippen molar-refractivity contribution in [3.05, 3.63) is 89.6 Å². The lowest BCUT2D eigenvalue weighted by Crippen LogP contribution is -2.31. The Labute approximate surface area is 181 Å². The van der Waals surface area contributed by atoms with Crippen molar-refractivity contribution >= 4 is 21.4 Å². The molecule has 0 atom stereocenters. The van der Waals surface area contributed by atoms with E-state index in [1.165, 1.54) is 22.5 Å². The lowest BCUT2D eigenvalue weighted by atomic mass is 10.0. The SMILES string of the molecule is Cc1nnc2c(S(=O)(=O)N(Cc3cccc(F)c3)c3ccc(C(C)C)cc3)cccn12. The molecule has 0 unspecified atom stereocenters. The van der Waals surface area contributed by atoms with Gasteiger partial charge in [0.1, 0.15) is 16.5 Å². The number of halogens is 1.